The van der Waals surface area contributed by atoms with E-state index in [0.29, 0.717) is 30.5 Å². The van der Waals surface area contributed by atoms with Gasteiger partial charge in [0.25, 0.3) is 5.91 Å². The largest absolute Gasteiger partial charge is 0.394 e. The zero-order chi connectivity index (χ0) is 14.5. The van der Waals surface area contributed by atoms with E-state index in [1.54, 1.807) is 17.0 Å². The summed E-state index contributed by atoms with van der Waals surface area (Å²) >= 11 is 5.98. The van der Waals surface area contributed by atoms with Crippen LogP contribution in [0.3, 0.4) is 0 Å². The number of aryl methyl sites for hydroxylation is 1. The van der Waals surface area contributed by atoms with Crippen LogP contribution in [0.1, 0.15) is 29.4 Å². The summed E-state index contributed by atoms with van der Waals surface area (Å²) in [4.78, 5) is 18.4. The highest BCUT2D eigenvalue weighted by molar-refractivity contribution is 6.29. The van der Waals surface area contributed by atoms with E-state index >= 15 is 0 Å². The van der Waals surface area contributed by atoms with E-state index in [4.69, 9.17) is 16.3 Å². The van der Waals surface area contributed by atoms with Gasteiger partial charge in [0.15, 0.2) is 0 Å². The Hall–Kier alpha value is -1.17. The van der Waals surface area contributed by atoms with Crippen molar-refractivity contribution in [2.24, 2.45) is 0 Å². The second-order valence-electron chi connectivity index (χ2n) is 4.83. The minimum absolute atomic E-state index is 0.105. The normalized spacial score (nSPS) is 19.1. The maximum atomic E-state index is 12.6. The highest BCUT2D eigenvalue weighted by atomic mass is 35.5. The predicted octanol–water partition coefficient (Wildman–Crippen LogP) is 1.52. The summed E-state index contributed by atoms with van der Waals surface area (Å²) in [6.45, 7) is 3.28. The number of hydrogen-bond acceptors (Lipinski definition) is 4. The van der Waals surface area contributed by atoms with Gasteiger partial charge in [-0.1, -0.05) is 24.9 Å². The summed E-state index contributed by atoms with van der Waals surface area (Å²) in [5.74, 6) is -0.131. The molecular weight excluding hydrogens is 280 g/mol. The first-order chi connectivity index (χ1) is 9.65. The Morgan fingerprint density at radius 2 is 2.40 bits per heavy atom. The smallest absolute Gasteiger partial charge is 0.254 e. The second-order valence-corrected chi connectivity index (χ2v) is 5.22. The fourth-order valence-electron chi connectivity index (χ4n) is 2.30. The lowest BCUT2D eigenvalue weighted by Gasteiger charge is -2.34. The van der Waals surface area contributed by atoms with Crippen LogP contribution in [0.4, 0.5) is 0 Å². The molecule has 5 nitrogen and oxygen atoms in total. The summed E-state index contributed by atoms with van der Waals surface area (Å²) in [6, 6.07) is 3.06. The Labute approximate surface area is 123 Å². The third kappa shape index (κ3) is 3.48. The van der Waals surface area contributed by atoms with Crippen LogP contribution in [0.15, 0.2) is 12.1 Å². The van der Waals surface area contributed by atoms with Crippen LogP contribution in [0.25, 0.3) is 0 Å². The number of halogens is 1. The average Bonchev–Trinajstić information content (AvgIpc) is 2.46. The molecule has 2 heterocycles. The molecular formula is C14H19ClN2O3. The van der Waals surface area contributed by atoms with E-state index in [9.17, 15) is 9.90 Å². The Balaban J connectivity index is 2.23. The molecule has 1 aromatic heterocycles. The SMILES string of the molecule is CCCc1cc(C(=O)N2CCOCC2CO)cc(Cl)n1. The molecule has 0 aliphatic carbocycles. The van der Waals surface area contributed by atoms with Gasteiger partial charge in [-0.05, 0) is 18.6 Å². The lowest BCUT2D eigenvalue weighted by Crippen LogP contribution is -2.50. The molecule has 1 aliphatic rings. The summed E-state index contributed by atoms with van der Waals surface area (Å²) in [5.41, 5.74) is 1.34. The van der Waals surface area contributed by atoms with Gasteiger partial charge in [-0.3, -0.25) is 4.79 Å². The van der Waals surface area contributed by atoms with Crippen LogP contribution in [-0.4, -0.2) is 53.3 Å². The summed E-state index contributed by atoms with van der Waals surface area (Å²) in [6.07, 6.45) is 1.73. The van der Waals surface area contributed by atoms with Crippen molar-refractivity contribution in [1.82, 2.24) is 9.88 Å². The van der Waals surface area contributed by atoms with Crippen molar-refractivity contribution in [3.05, 3.63) is 28.5 Å². The monoisotopic (exact) mass is 298 g/mol. The maximum absolute atomic E-state index is 12.6. The van der Waals surface area contributed by atoms with Gasteiger partial charge < -0.3 is 14.7 Å². The van der Waals surface area contributed by atoms with Gasteiger partial charge in [-0.2, -0.15) is 0 Å². The summed E-state index contributed by atoms with van der Waals surface area (Å²) in [5, 5.41) is 9.67. The molecule has 0 spiro atoms. The molecule has 1 aromatic rings. The van der Waals surface area contributed by atoms with E-state index < -0.39 is 0 Å². The standard InChI is InChI=1S/C14H19ClN2O3/c1-2-3-11-6-10(7-13(15)16-11)14(19)17-4-5-20-9-12(17)8-18/h6-7,12,18H,2-5,8-9H2,1H3. The number of rotatable bonds is 4. The zero-order valence-corrected chi connectivity index (χ0v) is 12.3. The lowest BCUT2D eigenvalue weighted by atomic mass is 10.1. The van der Waals surface area contributed by atoms with Gasteiger partial charge in [-0.15, -0.1) is 0 Å². The van der Waals surface area contributed by atoms with Gasteiger partial charge in [0.2, 0.25) is 0 Å². The van der Waals surface area contributed by atoms with Crippen molar-refractivity contribution in [3.8, 4) is 0 Å². The Morgan fingerprint density at radius 1 is 1.60 bits per heavy atom. The number of ether oxygens (including phenoxy) is 1. The van der Waals surface area contributed by atoms with Crippen LogP contribution < -0.4 is 0 Å². The molecule has 0 radical (unpaired) electrons. The third-order valence-corrected chi connectivity index (χ3v) is 3.49. The second kappa shape index (κ2) is 7.02. The average molecular weight is 299 g/mol. The zero-order valence-electron chi connectivity index (χ0n) is 11.5. The fourth-order valence-corrected chi connectivity index (χ4v) is 2.52. The molecule has 1 fully saturated rings. The number of carbonyl (C=O) groups excluding carboxylic acids is 1. The Bertz CT molecular complexity index is 481. The first-order valence-corrected chi connectivity index (χ1v) is 7.19. The molecule has 0 saturated carbocycles. The fraction of sp³-hybridized carbons (Fsp3) is 0.571. The third-order valence-electron chi connectivity index (χ3n) is 3.30. The number of nitrogens with zero attached hydrogens (tertiary/aromatic N) is 2. The molecule has 2 rings (SSSR count). The highest BCUT2D eigenvalue weighted by Gasteiger charge is 2.27. The lowest BCUT2D eigenvalue weighted by molar-refractivity contribution is -0.0184. The number of carbonyl (C=O) groups is 1. The number of aromatic nitrogens is 1. The molecule has 0 bridgehead atoms. The molecule has 1 saturated heterocycles. The van der Waals surface area contributed by atoms with E-state index in [1.807, 2.05) is 6.92 Å². The molecule has 1 unspecified atom stereocenters. The predicted molar refractivity (Wildman–Crippen MR) is 76.0 cm³/mol. The van der Waals surface area contributed by atoms with Crippen LogP contribution in [0, 0.1) is 0 Å². The van der Waals surface area contributed by atoms with Gasteiger partial charge in [0.05, 0.1) is 25.9 Å². The van der Waals surface area contributed by atoms with Gasteiger partial charge >= 0.3 is 0 Å². The van der Waals surface area contributed by atoms with Crippen LogP contribution in [0.2, 0.25) is 5.15 Å². The summed E-state index contributed by atoms with van der Waals surface area (Å²) in [7, 11) is 0. The highest BCUT2D eigenvalue weighted by Crippen LogP contribution is 2.17. The molecule has 1 N–H and O–H groups in total. The van der Waals surface area contributed by atoms with E-state index in [2.05, 4.69) is 4.98 Å². The van der Waals surface area contributed by atoms with Crippen molar-refractivity contribution in [3.63, 3.8) is 0 Å². The van der Waals surface area contributed by atoms with Crippen molar-refractivity contribution < 1.29 is 14.6 Å². The van der Waals surface area contributed by atoms with Crippen LogP contribution in [0.5, 0.6) is 0 Å². The first-order valence-electron chi connectivity index (χ1n) is 6.81. The minimum Gasteiger partial charge on any atom is -0.394 e. The quantitative estimate of drug-likeness (QED) is 0.856. The van der Waals surface area contributed by atoms with E-state index in [0.717, 1.165) is 18.5 Å². The molecule has 110 valence electrons. The molecule has 0 aromatic carbocycles. The number of amides is 1. The number of aliphatic hydroxyl groups is 1. The number of pyridine rings is 1. The topological polar surface area (TPSA) is 62.7 Å². The maximum Gasteiger partial charge on any atom is 0.254 e. The molecule has 6 heteroatoms. The van der Waals surface area contributed by atoms with Crippen molar-refractivity contribution in [2.45, 2.75) is 25.8 Å². The Kier molecular flexibility index (Phi) is 5.34. The van der Waals surface area contributed by atoms with E-state index in [-0.39, 0.29) is 18.6 Å². The minimum atomic E-state index is -0.294. The van der Waals surface area contributed by atoms with Gasteiger partial charge in [0.1, 0.15) is 5.15 Å². The molecule has 1 aliphatic heterocycles. The number of aliphatic hydroxyl groups excluding tert-OH is 1. The van der Waals surface area contributed by atoms with Crippen molar-refractivity contribution >= 4 is 17.5 Å². The van der Waals surface area contributed by atoms with Crippen molar-refractivity contribution in [1.29, 1.82) is 0 Å². The van der Waals surface area contributed by atoms with Crippen molar-refractivity contribution in [2.75, 3.05) is 26.4 Å². The van der Waals surface area contributed by atoms with Gasteiger partial charge in [-0.25, -0.2) is 4.98 Å². The molecule has 1 amide bonds. The molecule has 20 heavy (non-hydrogen) atoms. The van der Waals surface area contributed by atoms with Gasteiger partial charge in [0, 0.05) is 17.8 Å². The summed E-state index contributed by atoms with van der Waals surface area (Å²) < 4.78 is 5.28. The van der Waals surface area contributed by atoms with Crippen LogP contribution >= 0.6 is 11.6 Å². The van der Waals surface area contributed by atoms with E-state index in [1.165, 1.54) is 0 Å². The van der Waals surface area contributed by atoms with Crippen LogP contribution in [-0.2, 0) is 11.2 Å². The molecule has 1 atom stereocenters. The first kappa shape index (κ1) is 15.2. The number of hydrogen-bond donors (Lipinski definition) is 1. The Morgan fingerprint density at radius 3 is 3.10 bits per heavy atom. The number of morpholine rings is 1.